The molecule has 6 heteroatoms. The Balaban J connectivity index is 2.79. The van der Waals surface area contributed by atoms with E-state index in [9.17, 15) is 13.6 Å². The van der Waals surface area contributed by atoms with Gasteiger partial charge in [-0.2, -0.15) is 0 Å². The molecule has 3 nitrogen and oxygen atoms in total. The van der Waals surface area contributed by atoms with Crippen LogP contribution in [0.5, 0.6) is 0 Å². The molecular formula is C15H19F2NO2S. The first-order chi connectivity index (χ1) is 9.97. The van der Waals surface area contributed by atoms with Crippen LogP contribution in [-0.2, 0) is 16.0 Å². The highest BCUT2D eigenvalue weighted by atomic mass is 32.1. The number of carbonyl (C=O) groups is 1. The fourth-order valence-electron chi connectivity index (χ4n) is 1.60. The zero-order valence-corrected chi connectivity index (χ0v) is 13.0. The molecule has 0 saturated heterocycles. The number of rotatable bonds is 7. The largest absolute Gasteiger partial charge is 0.487 e. The molecule has 1 N–H and O–H groups in total. The van der Waals surface area contributed by atoms with E-state index in [0.717, 1.165) is 18.9 Å². The first kappa shape index (κ1) is 17.5. The summed E-state index contributed by atoms with van der Waals surface area (Å²) in [5.41, 5.74) is 0.152. The van der Waals surface area contributed by atoms with Gasteiger partial charge in [-0.3, -0.25) is 4.79 Å². The highest BCUT2D eigenvalue weighted by Crippen LogP contribution is 2.21. The monoisotopic (exact) mass is 315 g/mol. The lowest BCUT2D eigenvalue weighted by Gasteiger charge is -2.11. The molecule has 21 heavy (non-hydrogen) atoms. The predicted molar refractivity (Wildman–Crippen MR) is 82.4 cm³/mol. The van der Waals surface area contributed by atoms with Gasteiger partial charge >= 0.3 is 0 Å². The Morgan fingerprint density at radius 3 is 2.62 bits per heavy atom. The number of amides is 1. The zero-order chi connectivity index (χ0) is 15.8. The van der Waals surface area contributed by atoms with Gasteiger partial charge in [0.2, 0.25) is 5.91 Å². The highest BCUT2D eigenvalue weighted by Gasteiger charge is 2.13. The van der Waals surface area contributed by atoms with Gasteiger partial charge in [-0.05, 0) is 30.3 Å². The molecule has 1 aromatic carbocycles. The number of anilines is 1. The van der Waals surface area contributed by atoms with Crippen molar-refractivity contribution >= 4 is 28.9 Å². The van der Waals surface area contributed by atoms with Gasteiger partial charge in [-0.25, -0.2) is 8.78 Å². The minimum absolute atomic E-state index is 0.0467. The lowest BCUT2D eigenvalue weighted by molar-refractivity contribution is -0.115. The summed E-state index contributed by atoms with van der Waals surface area (Å²) < 4.78 is 32.6. The van der Waals surface area contributed by atoms with Crippen LogP contribution in [-0.4, -0.2) is 17.6 Å². The van der Waals surface area contributed by atoms with Gasteiger partial charge in [-0.1, -0.05) is 20.3 Å². The van der Waals surface area contributed by atoms with Crippen LogP contribution in [0, 0.1) is 11.6 Å². The number of benzene rings is 1. The maximum Gasteiger partial charge on any atom is 0.224 e. The van der Waals surface area contributed by atoms with Crippen molar-refractivity contribution in [1.82, 2.24) is 0 Å². The van der Waals surface area contributed by atoms with Crippen molar-refractivity contribution in [2.75, 3.05) is 11.9 Å². The maximum atomic E-state index is 13.7. The Labute approximate surface area is 128 Å². The summed E-state index contributed by atoms with van der Waals surface area (Å²) in [6.07, 6.45) is 2.12. The van der Waals surface area contributed by atoms with Gasteiger partial charge in [0.05, 0.1) is 12.3 Å². The van der Waals surface area contributed by atoms with Crippen molar-refractivity contribution in [3.8, 4) is 0 Å². The second-order valence-corrected chi connectivity index (χ2v) is 5.03. The number of ether oxygens (including phenoxy) is 1. The minimum Gasteiger partial charge on any atom is -0.487 e. The summed E-state index contributed by atoms with van der Waals surface area (Å²) in [5.74, 6) is -1.85. The Bertz CT molecular complexity index is 521. The van der Waals surface area contributed by atoms with Crippen LogP contribution < -0.4 is 5.32 Å². The Hall–Kier alpha value is -1.56. The topological polar surface area (TPSA) is 38.3 Å². The van der Waals surface area contributed by atoms with Crippen LogP contribution >= 0.6 is 12.2 Å². The molecule has 0 atom stereocenters. The Morgan fingerprint density at radius 1 is 1.29 bits per heavy atom. The normalized spacial score (nSPS) is 10.3. The Kier molecular flexibility index (Phi) is 7.22. The van der Waals surface area contributed by atoms with Crippen LogP contribution in [0.25, 0.3) is 0 Å². The zero-order valence-electron chi connectivity index (χ0n) is 12.2. The molecule has 0 aliphatic carbocycles. The van der Waals surface area contributed by atoms with E-state index in [1.807, 2.05) is 6.92 Å². The molecular weight excluding hydrogens is 296 g/mol. The number of hydrogen-bond acceptors (Lipinski definition) is 3. The third kappa shape index (κ3) is 5.75. The molecule has 0 fully saturated rings. The summed E-state index contributed by atoms with van der Waals surface area (Å²) in [6.45, 7) is 4.15. The predicted octanol–water partition coefficient (Wildman–Crippen LogP) is 4.00. The molecule has 0 radical (unpaired) electrons. The van der Waals surface area contributed by atoms with Gasteiger partial charge in [0.1, 0.15) is 11.6 Å². The summed E-state index contributed by atoms with van der Waals surface area (Å²) in [4.78, 5) is 11.3. The van der Waals surface area contributed by atoms with E-state index >= 15 is 0 Å². The van der Waals surface area contributed by atoms with Crippen LogP contribution in [0.2, 0.25) is 0 Å². The van der Waals surface area contributed by atoms with Crippen molar-refractivity contribution in [2.45, 2.75) is 39.5 Å². The lowest BCUT2D eigenvalue weighted by Crippen LogP contribution is -2.13. The van der Waals surface area contributed by atoms with Crippen LogP contribution in [0.15, 0.2) is 12.1 Å². The molecule has 0 spiro atoms. The fraction of sp³-hybridized carbons (Fsp3) is 0.467. The third-order valence-corrected chi connectivity index (χ3v) is 3.09. The molecule has 0 aromatic heterocycles. The quantitative estimate of drug-likeness (QED) is 0.610. The third-order valence-electron chi connectivity index (χ3n) is 2.83. The minimum atomic E-state index is -0.809. The number of carbonyl (C=O) groups excluding carboxylic acids is 1. The molecule has 0 bridgehead atoms. The van der Waals surface area contributed by atoms with E-state index in [-0.39, 0.29) is 35.1 Å². The SMILES string of the molecule is CCCCOC(=S)Cc1cc(NC(=O)CC)c(F)cc1F. The maximum absolute atomic E-state index is 13.7. The number of nitrogens with one attached hydrogen (secondary N) is 1. The number of unbranched alkanes of at least 4 members (excludes halogenated alkanes) is 1. The second-order valence-electron chi connectivity index (χ2n) is 4.58. The highest BCUT2D eigenvalue weighted by molar-refractivity contribution is 7.80. The van der Waals surface area contributed by atoms with Crippen LogP contribution in [0.1, 0.15) is 38.7 Å². The van der Waals surface area contributed by atoms with Gasteiger partial charge < -0.3 is 10.1 Å². The average molecular weight is 315 g/mol. The van der Waals surface area contributed by atoms with Crippen LogP contribution in [0.4, 0.5) is 14.5 Å². The molecule has 116 valence electrons. The summed E-state index contributed by atoms with van der Waals surface area (Å²) >= 11 is 5.03. The van der Waals surface area contributed by atoms with E-state index in [0.29, 0.717) is 6.61 Å². The summed E-state index contributed by atoms with van der Waals surface area (Å²) in [7, 11) is 0. The van der Waals surface area contributed by atoms with Crippen LogP contribution in [0.3, 0.4) is 0 Å². The molecule has 1 amide bonds. The molecule has 1 rings (SSSR count). The lowest BCUT2D eigenvalue weighted by atomic mass is 10.1. The molecule has 1 aromatic rings. The van der Waals surface area contributed by atoms with E-state index in [1.165, 1.54) is 6.07 Å². The smallest absolute Gasteiger partial charge is 0.224 e. The van der Waals surface area contributed by atoms with Crippen molar-refractivity contribution in [3.63, 3.8) is 0 Å². The van der Waals surface area contributed by atoms with E-state index in [2.05, 4.69) is 5.32 Å². The van der Waals surface area contributed by atoms with Crippen molar-refractivity contribution in [2.24, 2.45) is 0 Å². The first-order valence-electron chi connectivity index (χ1n) is 6.91. The van der Waals surface area contributed by atoms with Gasteiger partial charge in [-0.15, -0.1) is 0 Å². The van der Waals surface area contributed by atoms with Gasteiger partial charge in [0.15, 0.2) is 5.05 Å². The first-order valence-corrected chi connectivity index (χ1v) is 7.32. The summed E-state index contributed by atoms with van der Waals surface area (Å²) in [6, 6.07) is 2.00. The van der Waals surface area contributed by atoms with E-state index < -0.39 is 11.6 Å². The average Bonchev–Trinajstić information content (AvgIpc) is 2.44. The van der Waals surface area contributed by atoms with Crippen molar-refractivity contribution in [3.05, 3.63) is 29.3 Å². The van der Waals surface area contributed by atoms with E-state index in [1.54, 1.807) is 6.92 Å². The summed E-state index contributed by atoms with van der Waals surface area (Å²) in [5, 5.41) is 2.64. The molecule has 0 unspecified atom stereocenters. The molecule has 0 saturated carbocycles. The standard InChI is InChI=1S/C15H19F2NO2S/c1-3-5-6-20-15(21)8-10-7-13(18-14(19)4-2)12(17)9-11(10)16/h7,9H,3-6,8H2,1-2H3,(H,18,19). The van der Waals surface area contributed by atoms with E-state index in [4.69, 9.17) is 17.0 Å². The second kappa shape index (κ2) is 8.67. The van der Waals surface area contributed by atoms with Gasteiger partial charge in [0, 0.05) is 18.9 Å². The van der Waals surface area contributed by atoms with Gasteiger partial charge in [0.25, 0.3) is 0 Å². The van der Waals surface area contributed by atoms with Crippen molar-refractivity contribution in [1.29, 1.82) is 0 Å². The number of thiocarbonyl (C=S) groups is 1. The van der Waals surface area contributed by atoms with Crippen molar-refractivity contribution < 1.29 is 18.3 Å². The Morgan fingerprint density at radius 2 is 2.00 bits per heavy atom. The fourth-order valence-corrected chi connectivity index (χ4v) is 1.84. The number of halogens is 2. The molecule has 0 heterocycles. The molecule has 0 aliphatic rings. The number of hydrogen-bond donors (Lipinski definition) is 1. The molecule has 0 aliphatic heterocycles.